The average molecular weight is 323 g/mol. The largest absolute Gasteiger partial charge is 0.506 e. The fraction of sp³-hybridized carbons (Fsp3) is 0.333. The number of rotatable bonds is 4. The Bertz CT molecular complexity index is 852. The van der Waals surface area contributed by atoms with Crippen molar-refractivity contribution < 1.29 is 20.1 Å². The van der Waals surface area contributed by atoms with Gasteiger partial charge in [-0.25, -0.2) is 4.79 Å². The summed E-state index contributed by atoms with van der Waals surface area (Å²) in [6.07, 6.45) is -0.107. The van der Waals surface area contributed by atoms with Crippen LogP contribution in [0.5, 0.6) is 0 Å². The second kappa shape index (κ2) is 5.70. The van der Waals surface area contributed by atoms with Crippen LogP contribution in [0.15, 0.2) is 33.5 Å². The van der Waals surface area contributed by atoms with Crippen molar-refractivity contribution >= 4 is 0 Å². The van der Waals surface area contributed by atoms with Crippen LogP contribution in [0.2, 0.25) is 0 Å². The Morgan fingerprint density at radius 3 is 2.78 bits per heavy atom. The van der Waals surface area contributed by atoms with Gasteiger partial charge in [0.1, 0.15) is 6.61 Å². The fourth-order valence-electron chi connectivity index (χ4n) is 2.25. The van der Waals surface area contributed by atoms with Gasteiger partial charge in [-0.2, -0.15) is 15.4 Å². The van der Waals surface area contributed by atoms with Gasteiger partial charge in [-0.3, -0.25) is 14.3 Å². The van der Waals surface area contributed by atoms with Crippen molar-refractivity contribution in [3.8, 4) is 0 Å². The van der Waals surface area contributed by atoms with Gasteiger partial charge in [0.2, 0.25) is 6.23 Å². The van der Waals surface area contributed by atoms with E-state index in [1.165, 1.54) is 12.4 Å². The molecule has 0 amide bonds. The first-order valence-corrected chi connectivity index (χ1v) is 6.58. The number of hydrogen-bond acceptors (Lipinski definition) is 8. The monoisotopic (exact) mass is 323 g/mol. The minimum absolute atomic E-state index is 0.0984. The second-order valence-electron chi connectivity index (χ2n) is 4.88. The molecule has 122 valence electrons. The van der Waals surface area contributed by atoms with Crippen molar-refractivity contribution in [3.63, 3.8) is 0 Å². The van der Waals surface area contributed by atoms with E-state index in [1.807, 2.05) is 0 Å². The van der Waals surface area contributed by atoms with Gasteiger partial charge in [0.15, 0.2) is 17.6 Å². The number of nitrogens with one attached hydrogen (secondary N) is 2. The van der Waals surface area contributed by atoms with Gasteiger partial charge in [-0.1, -0.05) is 0 Å². The quantitative estimate of drug-likeness (QED) is 0.426. The summed E-state index contributed by atoms with van der Waals surface area (Å²) >= 11 is 0. The first-order valence-electron chi connectivity index (χ1n) is 6.58. The lowest BCUT2D eigenvalue weighted by molar-refractivity contribution is -0.0173. The SMILES string of the molecule is O=c1[nH]c(=O)n([C@@H]2OC(CO)=C(O)C2O)cc1Cc1cn[nH]n1. The predicted octanol–water partition coefficient (Wildman–Crippen LogP) is -2.10. The van der Waals surface area contributed by atoms with Crippen LogP contribution in [-0.2, 0) is 11.2 Å². The molecule has 0 fully saturated rings. The van der Waals surface area contributed by atoms with Gasteiger partial charge in [0.25, 0.3) is 5.56 Å². The molecular weight excluding hydrogens is 310 g/mol. The highest BCUT2D eigenvalue weighted by Gasteiger charge is 2.37. The summed E-state index contributed by atoms with van der Waals surface area (Å²) in [5.74, 6) is -0.799. The van der Waals surface area contributed by atoms with Crippen LogP contribution < -0.4 is 11.2 Å². The zero-order valence-electron chi connectivity index (χ0n) is 11.6. The Morgan fingerprint density at radius 2 is 2.17 bits per heavy atom. The summed E-state index contributed by atoms with van der Waals surface area (Å²) in [6.45, 7) is -0.636. The van der Waals surface area contributed by atoms with Gasteiger partial charge in [0.05, 0.1) is 11.9 Å². The van der Waals surface area contributed by atoms with E-state index in [1.54, 1.807) is 0 Å². The Kier molecular flexibility index (Phi) is 3.72. The summed E-state index contributed by atoms with van der Waals surface area (Å²) in [5.41, 5.74) is -0.770. The summed E-state index contributed by atoms with van der Waals surface area (Å²) in [7, 11) is 0. The molecule has 11 heteroatoms. The van der Waals surface area contributed by atoms with Crippen LogP contribution in [0.3, 0.4) is 0 Å². The summed E-state index contributed by atoms with van der Waals surface area (Å²) in [5, 5.41) is 38.5. The number of nitrogens with zero attached hydrogens (tertiary/aromatic N) is 3. The number of aliphatic hydroxyl groups excluding tert-OH is 3. The topological polar surface area (TPSA) is 166 Å². The first kappa shape index (κ1) is 15.0. The Hall–Kier alpha value is -2.92. The molecular formula is C12H13N5O6. The third kappa shape index (κ3) is 2.62. The maximum absolute atomic E-state index is 11.9. The molecule has 5 N–H and O–H groups in total. The molecule has 1 aliphatic heterocycles. The average Bonchev–Trinajstić information content (AvgIpc) is 3.12. The standard InChI is InChI=1S/C12H13N5O6/c18-4-7-8(19)9(20)11(23-7)17-3-5(10(21)14-12(17)22)1-6-2-13-16-15-6/h2-3,9,11,18-20H,1,4H2,(H,13,15,16)(H,14,21,22)/t9?,11-/m1/s1. The lowest BCUT2D eigenvalue weighted by Crippen LogP contribution is -2.37. The van der Waals surface area contributed by atoms with Gasteiger partial charge in [-0.15, -0.1) is 0 Å². The second-order valence-corrected chi connectivity index (χ2v) is 4.88. The number of aromatic amines is 2. The smallest absolute Gasteiger partial charge is 0.331 e. The maximum atomic E-state index is 11.9. The molecule has 1 aliphatic rings. The van der Waals surface area contributed by atoms with Crippen molar-refractivity contribution in [3.05, 3.63) is 56.0 Å². The van der Waals surface area contributed by atoms with Crippen molar-refractivity contribution in [1.29, 1.82) is 0 Å². The molecule has 0 spiro atoms. The molecule has 0 aliphatic carbocycles. The van der Waals surface area contributed by atoms with Crippen molar-refractivity contribution in [2.75, 3.05) is 6.61 Å². The van der Waals surface area contributed by atoms with E-state index in [0.29, 0.717) is 5.69 Å². The molecule has 23 heavy (non-hydrogen) atoms. The highest BCUT2D eigenvalue weighted by Crippen LogP contribution is 2.29. The molecule has 3 heterocycles. The minimum atomic E-state index is -1.54. The lowest BCUT2D eigenvalue weighted by atomic mass is 10.2. The van der Waals surface area contributed by atoms with E-state index < -0.39 is 35.9 Å². The molecule has 2 aromatic heterocycles. The third-order valence-corrected chi connectivity index (χ3v) is 3.39. The van der Waals surface area contributed by atoms with Gasteiger partial charge in [-0.05, 0) is 0 Å². The molecule has 1 unspecified atom stereocenters. The number of aromatic nitrogens is 5. The summed E-state index contributed by atoms with van der Waals surface area (Å²) < 4.78 is 6.10. The van der Waals surface area contributed by atoms with Crippen LogP contribution >= 0.6 is 0 Å². The fourth-order valence-corrected chi connectivity index (χ4v) is 2.25. The predicted molar refractivity (Wildman–Crippen MR) is 73.4 cm³/mol. The molecule has 0 bridgehead atoms. The van der Waals surface area contributed by atoms with Crippen LogP contribution in [0.4, 0.5) is 0 Å². The van der Waals surface area contributed by atoms with Crippen molar-refractivity contribution in [1.82, 2.24) is 25.0 Å². The normalized spacial score (nSPS) is 20.8. The van der Waals surface area contributed by atoms with Crippen LogP contribution in [0.1, 0.15) is 17.5 Å². The molecule has 11 nitrogen and oxygen atoms in total. The van der Waals surface area contributed by atoms with Crippen molar-refractivity contribution in [2.45, 2.75) is 18.8 Å². The molecule has 3 rings (SSSR count). The number of hydrogen-bond donors (Lipinski definition) is 5. The molecule has 0 aromatic carbocycles. The zero-order valence-corrected chi connectivity index (χ0v) is 11.6. The van der Waals surface area contributed by atoms with E-state index >= 15 is 0 Å². The lowest BCUT2D eigenvalue weighted by Gasteiger charge is -2.18. The van der Waals surface area contributed by atoms with E-state index in [-0.39, 0.29) is 17.7 Å². The van der Waals surface area contributed by atoms with Gasteiger partial charge >= 0.3 is 5.69 Å². The molecule has 2 atom stereocenters. The van der Waals surface area contributed by atoms with E-state index in [4.69, 9.17) is 9.84 Å². The molecule has 2 aromatic rings. The zero-order chi connectivity index (χ0) is 16.6. The van der Waals surface area contributed by atoms with Crippen LogP contribution in [0.25, 0.3) is 0 Å². The first-order chi connectivity index (χ1) is 11.0. The van der Waals surface area contributed by atoms with Crippen LogP contribution in [0, 0.1) is 0 Å². The maximum Gasteiger partial charge on any atom is 0.331 e. The van der Waals surface area contributed by atoms with Gasteiger partial charge in [0, 0.05) is 18.2 Å². The number of ether oxygens (including phenoxy) is 1. The molecule has 0 radical (unpaired) electrons. The van der Waals surface area contributed by atoms with E-state index in [0.717, 1.165) is 4.57 Å². The highest BCUT2D eigenvalue weighted by molar-refractivity contribution is 5.17. The Balaban J connectivity index is 1.98. The number of H-pyrrole nitrogens is 2. The Morgan fingerprint density at radius 1 is 1.39 bits per heavy atom. The number of aliphatic hydroxyl groups is 3. The summed E-state index contributed by atoms with van der Waals surface area (Å²) in [4.78, 5) is 25.9. The third-order valence-electron chi connectivity index (χ3n) is 3.39. The molecule has 0 saturated heterocycles. The van der Waals surface area contributed by atoms with Crippen LogP contribution in [-0.4, -0.2) is 53.0 Å². The molecule has 0 saturated carbocycles. The minimum Gasteiger partial charge on any atom is -0.506 e. The Labute approximate surface area is 127 Å². The van der Waals surface area contributed by atoms with E-state index in [2.05, 4.69) is 20.4 Å². The highest BCUT2D eigenvalue weighted by atomic mass is 16.5. The van der Waals surface area contributed by atoms with Crippen molar-refractivity contribution in [2.24, 2.45) is 0 Å². The van der Waals surface area contributed by atoms with E-state index in [9.17, 15) is 19.8 Å². The van der Waals surface area contributed by atoms with Gasteiger partial charge < -0.3 is 20.1 Å². The summed E-state index contributed by atoms with van der Waals surface area (Å²) in [6, 6.07) is 0.